The average Bonchev–Trinajstić information content (AvgIpc) is 2.70. The van der Waals surface area contributed by atoms with E-state index in [9.17, 15) is 18.2 Å². The number of nitrogens with two attached hydrogens (primary N) is 1. The second-order valence-corrected chi connectivity index (χ2v) is 9.55. The summed E-state index contributed by atoms with van der Waals surface area (Å²) >= 11 is 0. The molecule has 2 amide bonds. The molecule has 6 nitrogen and oxygen atoms in total. The normalized spacial score (nSPS) is 24.2. The summed E-state index contributed by atoms with van der Waals surface area (Å²) in [7, 11) is -1.27. The van der Waals surface area contributed by atoms with E-state index in [2.05, 4.69) is 5.32 Å². The Morgan fingerprint density at radius 2 is 1.90 bits per heavy atom. The fraction of sp³-hybridized carbons (Fsp3) is 0.619. The first-order chi connectivity index (χ1) is 13.8. The van der Waals surface area contributed by atoms with Crippen molar-refractivity contribution in [1.82, 2.24) is 4.90 Å². The summed E-state index contributed by atoms with van der Waals surface area (Å²) in [6.45, 7) is 1.29. The van der Waals surface area contributed by atoms with Gasteiger partial charge in [-0.05, 0) is 49.8 Å². The van der Waals surface area contributed by atoms with E-state index in [4.69, 9.17) is 5.73 Å². The molecular formula is C21H30FN3O3S. The zero-order chi connectivity index (χ0) is 21.0. The number of hydrogen-bond acceptors (Lipinski definition) is 4. The Morgan fingerprint density at radius 3 is 2.52 bits per heavy atom. The molecule has 2 aliphatic rings. The van der Waals surface area contributed by atoms with Crippen molar-refractivity contribution in [3.63, 3.8) is 0 Å². The number of benzene rings is 1. The van der Waals surface area contributed by atoms with Crippen LogP contribution in [0.4, 0.5) is 10.1 Å². The van der Waals surface area contributed by atoms with Gasteiger partial charge in [-0.15, -0.1) is 0 Å². The quantitative estimate of drug-likeness (QED) is 0.762. The second kappa shape index (κ2) is 9.80. The third-order valence-corrected chi connectivity index (χ3v) is 7.00. The number of nitrogens with one attached hydrogen (secondary N) is 1. The lowest BCUT2D eigenvalue weighted by molar-refractivity contribution is -0.138. The molecule has 1 aliphatic heterocycles. The first-order valence-electron chi connectivity index (χ1n) is 10.3. The van der Waals surface area contributed by atoms with Crippen LogP contribution >= 0.6 is 0 Å². The number of likely N-dealkylation sites (tertiary alicyclic amines) is 1. The summed E-state index contributed by atoms with van der Waals surface area (Å²) in [6, 6.07) is 4.14. The number of hydrogen-bond donors (Lipinski definition) is 2. The molecule has 0 bridgehead atoms. The number of amides is 2. The van der Waals surface area contributed by atoms with Crippen molar-refractivity contribution in [1.29, 1.82) is 0 Å². The molecule has 3 N–H and O–H groups in total. The van der Waals surface area contributed by atoms with E-state index >= 15 is 0 Å². The van der Waals surface area contributed by atoms with Crippen molar-refractivity contribution in [2.45, 2.75) is 55.9 Å². The lowest BCUT2D eigenvalue weighted by Crippen LogP contribution is -2.48. The van der Waals surface area contributed by atoms with Crippen LogP contribution in [0.2, 0.25) is 0 Å². The molecule has 3 atom stereocenters. The van der Waals surface area contributed by atoms with Gasteiger partial charge in [-0.3, -0.25) is 13.8 Å². The van der Waals surface area contributed by atoms with E-state index in [0.29, 0.717) is 24.4 Å². The molecule has 0 aromatic heterocycles. The Kier molecular flexibility index (Phi) is 7.40. The summed E-state index contributed by atoms with van der Waals surface area (Å²) in [4.78, 5) is 27.4. The van der Waals surface area contributed by atoms with Crippen molar-refractivity contribution in [2.75, 3.05) is 24.7 Å². The monoisotopic (exact) mass is 423 g/mol. The van der Waals surface area contributed by atoms with Crippen molar-refractivity contribution in [3.8, 4) is 0 Å². The van der Waals surface area contributed by atoms with Crippen LogP contribution < -0.4 is 11.1 Å². The van der Waals surface area contributed by atoms with Gasteiger partial charge in [0.05, 0.1) is 11.6 Å². The van der Waals surface area contributed by atoms with Gasteiger partial charge in [-0.1, -0.05) is 12.8 Å². The number of carbonyl (C=O) groups is 2. The van der Waals surface area contributed by atoms with Crippen LogP contribution in [0.15, 0.2) is 23.1 Å². The summed E-state index contributed by atoms with van der Waals surface area (Å²) < 4.78 is 25.5. The first kappa shape index (κ1) is 21.9. The molecule has 1 aromatic carbocycles. The summed E-state index contributed by atoms with van der Waals surface area (Å²) in [6.07, 6.45) is 7.25. The maximum absolute atomic E-state index is 14.1. The van der Waals surface area contributed by atoms with E-state index in [-0.39, 0.29) is 35.4 Å². The Hall–Kier alpha value is -1.80. The van der Waals surface area contributed by atoms with Crippen LogP contribution in [-0.4, -0.2) is 46.3 Å². The molecule has 3 rings (SSSR count). The van der Waals surface area contributed by atoms with E-state index < -0.39 is 16.6 Å². The number of halogens is 1. The van der Waals surface area contributed by atoms with Gasteiger partial charge < -0.3 is 16.0 Å². The fourth-order valence-corrected chi connectivity index (χ4v) is 4.83. The lowest BCUT2D eigenvalue weighted by atomic mass is 9.83. The molecule has 1 aromatic rings. The smallest absolute Gasteiger partial charge is 0.227 e. The number of carbonyl (C=O) groups excluding carboxylic acids is 2. The van der Waals surface area contributed by atoms with Gasteiger partial charge >= 0.3 is 0 Å². The zero-order valence-corrected chi connectivity index (χ0v) is 17.7. The molecule has 1 aliphatic carbocycles. The zero-order valence-electron chi connectivity index (χ0n) is 16.9. The van der Waals surface area contributed by atoms with E-state index in [1.165, 1.54) is 18.4 Å². The van der Waals surface area contributed by atoms with Gasteiger partial charge in [0.2, 0.25) is 11.8 Å². The van der Waals surface area contributed by atoms with E-state index in [1.54, 1.807) is 6.07 Å². The average molecular weight is 424 g/mol. The van der Waals surface area contributed by atoms with Gasteiger partial charge in [0.25, 0.3) is 0 Å². The Morgan fingerprint density at radius 1 is 1.21 bits per heavy atom. The Balaban J connectivity index is 1.47. The highest BCUT2D eigenvalue weighted by atomic mass is 32.2. The predicted octanol–water partition coefficient (Wildman–Crippen LogP) is 2.65. The van der Waals surface area contributed by atoms with Crippen LogP contribution in [-0.2, 0) is 20.4 Å². The number of rotatable bonds is 5. The van der Waals surface area contributed by atoms with Gasteiger partial charge in [0.15, 0.2) is 0 Å². The SMILES string of the molecule is CS(=O)c1ccc(NC(=O)CC2CCN(C(=O)C3CCCCC3N)CC2)c(F)c1. The fourth-order valence-electron chi connectivity index (χ4n) is 4.30. The molecule has 0 radical (unpaired) electrons. The second-order valence-electron chi connectivity index (χ2n) is 8.17. The van der Waals surface area contributed by atoms with Crippen molar-refractivity contribution < 1.29 is 18.2 Å². The van der Waals surface area contributed by atoms with Crippen LogP contribution in [0, 0.1) is 17.7 Å². The first-order valence-corrected chi connectivity index (χ1v) is 11.9. The van der Waals surface area contributed by atoms with Crippen LogP contribution in [0.1, 0.15) is 44.9 Å². The molecular weight excluding hydrogens is 393 g/mol. The van der Waals surface area contributed by atoms with Crippen LogP contribution in [0.25, 0.3) is 0 Å². The molecule has 1 saturated carbocycles. The van der Waals surface area contributed by atoms with E-state index in [0.717, 1.165) is 38.5 Å². The molecule has 8 heteroatoms. The highest BCUT2D eigenvalue weighted by Gasteiger charge is 2.33. The number of anilines is 1. The highest BCUT2D eigenvalue weighted by molar-refractivity contribution is 7.84. The molecule has 0 spiro atoms. The highest BCUT2D eigenvalue weighted by Crippen LogP contribution is 2.28. The maximum atomic E-state index is 14.1. The minimum absolute atomic E-state index is 0.0360. The molecule has 2 fully saturated rings. The van der Waals surface area contributed by atoms with Gasteiger partial charge in [0.1, 0.15) is 5.82 Å². The summed E-state index contributed by atoms with van der Waals surface area (Å²) in [5.41, 5.74) is 6.24. The van der Waals surface area contributed by atoms with Crippen molar-refractivity contribution in [2.24, 2.45) is 17.6 Å². The van der Waals surface area contributed by atoms with Crippen molar-refractivity contribution in [3.05, 3.63) is 24.0 Å². The predicted molar refractivity (Wildman–Crippen MR) is 111 cm³/mol. The summed E-state index contributed by atoms with van der Waals surface area (Å²) in [5, 5.41) is 2.61. The number of nitrogens with zero attached hydrogens (tertiary/aromatic N) is 1. The Bertz CT molecular complexity index is 780. The maximum Gasteiger partial charge on any atom is 0.227 e. The van der Waals surface area contributed by atoms with Gasteiger partial charge in [0, 0.05) is 47.5 Å². The third-order valence-electron chi connectivity index (χ3n) is 6.08. The molecule has 3 unspecified atom stereocenters. The standard InChI is InChI=1S/C21H30FN3O3S/c1-29(28)15-6-7-19(17(22)13-15)24-20(26)12-14-8-10-25(11-9-14)21(27)16-4-2-3-5-18(16)23/h6-7,13-14,16,18H,2-5,8-12,23H2,1H3,(H,24,26). The molecule has 1 heterocycles. The van der Waals surface area contributed by atoms with Gasteiger partial charge in [-0.25, -0.2) is 4.39 Å². The number of piperidine rings is 1. The molecule has 160 valence electrons. The minimum Gasteiger partial charge on any atom is -0.342 e. The van der Waals surface area contributed by atoms with Crippen molar-refractivity contribution >= 4 is 28.3 Å². The third kappa shape index (κ3) is 5.63. The molecule has 1 saturated heterocycles. The van der Waals surface area contributed by atoms with E-state index in [1.807, 2.05) is 4.90 Å². The lowest BCUT2D eigenvalue weighted by Gasteiger charge is -2.37. The summed E-state index contributed by atoms with van der Waals surface area (Å²) in [5.74, 6) is -0.559. The topological polar surface area (TPSA) is 92.5 Å². The molecule has 29 heavy (non-hydrogen) atoms. The Labute approximate surface area is 173 Å². The van der Waals surface area contributed by atoms with Crippen LogP contribution in [0.3, 0.4) is 0 Å². The van der Waals surface area contributed by atoms with Crippen LogP contribution in [0.5, 0.6) is 0 Å². The minimum atomic E-state index is -1.27. The van der Waals surface area contributed by atoms with Gasteiger partial charge in [-0.2, -0.15) is 0 Å². The largest absolute Gasteiger partial charge is 0.342 e.